The molecule has 0 amide bonds. The fraction of sp³-hybridized carbons (Fsp3) is 0.800. The maximum atomic E-state index is 10.2. The van der Waals surface area contributed by atoms with Crippen LogP contribution in [0.4, 0.5) is 0 Å². The van der Waals surface area contributed by atoms with E-state index in [4.69, 9.17) is 5.11 Å². The van der Waals surface area contributed by atoms with Gasteiger partial charge < -0.3 is 5.11 Å². The van der Waals surface area contributed by atoms with Crippen LogP contribution in [0, 0.1) is 0 Å². The molecule has 3 nitrogen and oxygen atoms in total. The number of carboxylic acids is 1. The highest BCUT2D eigenvalue weighted by Gasteiger charge is 2.30. The molecule has 8 heavy (non-hydrogen) atoms. The van der Waals surface area contributed by atoms with Crippen molar-refractivity contribution in [3.63, 3.8) is 0 Å². The van der Waals surface area contributed by atoms with Crippen LogP contribution < -0.4 is 0 Å². The Labute approximate surface area is 47.9 Å². The molecule has 1 rings (SSSR count). The molecule has 0 bridgehead atoms. The largest absolute Gasteiger partial charge is 0.480 e. The van der Waals surface area contributed by atoms with E-state index < -0.39 is 5.97 Å². The molecule has 1 atom stereocenters. The first-order chi connectivity index (χ1) is 3.72. The Kier molecular flexibility index (Phi) is 1.21. The molecule has 0 aromatic carbocycles. The number of nitrogens with zero attached hydrogens (tertiary/aromatic N) is 1. The lowest BCUT2D eigenvalue weighted by atomic mass is 10.1. The van der Waals surface area contributed by atoms with Gasteiger partial charge in [0, 0.05) is 6.54 Å². The Balaban J connectivity index is 2.37. The lowest BCUT2D eigenvalue weighted by Gasteiger charge is -2.33. The molecule has 1 aliphatic heterocycles. The normalized spacial score (nSPS) is 29.4. The summed E-state index contributed by atoms with van der Waals surface area (Å²) in [7, 11) is 1.82. The fourth-order valence-electron chi connectivity index (χ4n) is 0.828. The maximum absolute atomic E-state index is 10.2. The summed E-state index contributed by atoms with van der Waals surface area (Å²) < 4.78 is 0. The van der Waals surface area contributed by atoms with Gasteiger partial charge in [-0.05, 0) is 13.5 Å². The molecule has 46 valence electrons. The van der Waals surface area contributed by atoms with Gasteiger partial charge in [0.1, 0.15) is 6.04 Å². The van der Waals surface area contributed by atoms with Crippen molar-refractivity contribution in [1.29, 1.82) is 0 Å². The zero-order valence-corrected chi connectivity index (χ0v) is 4.79. The predicted octanol–water partition coefficient (Wildman–Crippen LogP) is -0.225. The third-order valence-electron chi connectivity index (χ3n) is 1.57. The van der Waals surface area contributed by atoms with Gasteiger partial charge in [0.25, 0.3) is 0 Å². The SMILES string of the molecule is CN1CCC1C(=O)O. The lowest BCUT2D eigenvalue weighted by Crippen LogP contribution is -2.49. The van der Waals surface area contributed by atoms with Crippen LogP contribution >= 0.6 is 0 Å². The standard InChI is InChI=1S/C5H9NO2/c1-6-3-2-4(6)5(7)8/h4H,2-3H2,1H3,(H,7,8). The third kappa shape index (κ3) is 0.690. The van der Waals surface area contributed by atoms with E-state index in [9.17, 15) is 4.79 Å². The molecular formula is C5H9NO2. The molecular weight excluding hydrogens is 106 g/mol. The monoisotopic (exact) mass is 115 g/mol. The molecule has 1 saturated heterocycles. The molecule has 1 N–H and O–H groups in total. The van der Waals surface area contributed by atoms with E-state index in [0.29, 0.717) is 0 Å². The average molecular weight is 115 g/mol. The molecule has 0 aromatic rings. The molecule has 1 unspecified atom stereocenters. The molecule has 0 aromatic heterocycles. The second-order valence-corrected chi connectivity index (χ2v) is 2.12. The minimum atomic E-state index is -0.696. The van der Waals surface area contributed by atoms with Crippen LogP contribution in [0.3, 0.4) is 0 Å². The van der Waals surface area contributed by atoms with Gasteiger partial charge in [-0.3, -0.25) is 9.69 Å². The van der Waals surface area contributed by atoms with Crippen molar-refractivity contribution in [3.8, 4) is 0 Å². The zero-order chi connectivity index (χ0) is 6.15. The van der Waals surface area contributed by atoms with E-state index in [1.807, 2.05) is 11.9 Å². The van der Waals surface area contributed by atoms with Crippen LogP contribution in [-0.4, -0.2) is 35.6 Å². The number of carboxylic acid groups (broad SMARTS) is 1. The first kappa shape index (κ1) is 5.56. The summed E-state index contributed by atoms with van der Waals surface area (Å²) in [5, 5.41) is 8.36. The van der Waals surface area contributed by atoms with Crippen molar-refractivity contribution in [1.82, 2.24) is 4.90 Å². The Hall–Kier alpha value is -0.570. The van der Waals surface area contributed by atoms with Crippen molar-refractivity contribution < 1.29 is 9.90 Å². The second-order valence-electron chi connectivity index (χ2n) is 2.12. The third-order valence-corrected chi connectivity index (χ3v) is 1.57. The Morgan fingerprint density at radius 2 is 2.50 bits per heavy atom. The molecule has 0 saturated carbocycles. The van der Waals surface area contributed by atoms with Crippen LogP contribution in [0.1, 0.15) is 6.42 Å². The number of carbonyl (C=O) groups is 1. The number of hydrogen-bond donors (Lipinski definition) is 1. The van der Waals surface area contributed by atoms with E-state index in [2.05, 4.69) is 0 Å². The lowest BCUT2D eigenvalue weighted by molar-refractivity contribution is -0.146. The van der Waals surface area contributed by atoms with Crippen LogP contribution in [0.2, 0.25) is 0 Å². The summed E-state index contributed by atoms with van der Waals surface area (Å²) in [5.74, 6) is -0.696. The van der Waals surface area contributed by atoms with E-state index >= 15 is 0 Å². The van der Waals surface area contributed by atoms with Gasteiger partial charge in [0.2, 0.25) is 0 Å². The van der Waals surface area contributed by atoms with E-state index in [1.165, 1.54) is 0 Å². The summed E-state index contributed by atoms with van der Waals surface area (Å²) in [6.45, 7) is 0.928. The predicted molar refractivity (Wildman–Crippen MR) is 28.7 cm³/mol. The second kappa shape index (κ2) is 1.74. The molecule has 1 aliphatic rings. The molecule has 1 heterocycles. The van der Waals surface area contributed by atoms with Crippen LogP contribution in [0.15, 0.2) is 0 Å². The van der Waals surface area contributed by atoms with Crippen molar-refractivity contribution in [2.75, 3.05) is 13.6 Å². The van der Waals surface area contributed by atoms with Crippen molar-refractivity contribution in [3.05, 3.63) is 0 Å². The van der Waals surface area contributed by atoms with E-state index in [-0.39, 0.29) is 6.04 Å². The maximum Gasteiger partial charge on any atom is 0.320 e. The number of aliphatic carboxylic acids is 1. The summed E-state index contributed by atoms with van der Waals surface area (Å²) >= 11 is 0. The van der Waals surface area contributed by atoms with Crippen LogP contribution in [-0.2, 0) is 4.79 Å². The minimum absolute atomic E-state index is 0.199. The van der Waals surface area contributed by atoms with Gasteiger partial charge >= 0.3 is 5.97 Å². The quantitative estimate of drug-likeness (QED) is 0.513. The summed E-state index contributed by atoms with van der Waals surface area (Å²) in [4.78, 5) is 12.0. The first-order valence-corrected chi connectivity index (χ1v) is 2.65. The highest BCUT2D eigenvalue weighted by molar-refractivity contribution is 5.74. The van der Waals surface area contributed by atoms with Crippen LogP contribution in [0.25, 0.3) is 0 Å². The first-order valence-electron chi connectivity index (χ1n) is 2.65. The zero-order valence-electron chi connectivity index (χ0n) is 4.79. The van der Waals surface area contributed by atoms with Crippen molar-refractivity contribution >= 4 is 5.97 Å². The number of rotatable bonds is 1. The molecule has 0 spiro atoms. The Bertz CT molecular complexity index is 113. The smallest absolute Gasteiger partial charge is 0.320 e. The summed E-state index contributed by atoms with van der Waals surface area (Å²) in [5.41, 5.74) is 0. The molecule has 0 radical (unpaired) electrons. The van der Waals surface area contributed by atoms with E-state index in [1.54, 1.807) is 0 Å². The fourth-order valence-corrected chi connectivity index (χ4v) is 0.828. The van der Waals surface area contributed by atoms with Gasteiger partial charge in [-0.15, -0.1) is 0 Å². The van der Waals surface area contributed by atoms with Gasteiger partial charge in [-0.1, -0.05) is 0 Å². The van der Waals surface area contributed by atoms with Gasteiger partial charge in [-0.2, -0.15) is 0 Å². The average Bonchev–Trinajstić information content (AvgIpc) is 1.61. The van der Waals surface area contributed by atoms with Crippen molar-refractivity contribution in [2.45, 2.75) is 12.5 Å². The highest BCUT2D eigenvalue weighted by atomic mass is 16.4. The van der Waals surface area contributed by atoms with Crippen molar-refractivity contribution in [2.24, 2.45) is 0 Å². The molecule has 0 aliphatic carbocycles. The number of likely N-dealkylation sites (N-methyl/N-ethyl adjacent to an activating group) is 1. The number of likely N-dealkylation sites (tertiary alicyclic amines) is 1. The van der Waals surface area contributed by atoms with Gasteiger partial charge in [0.05, 0.1) is 0 Å². The molecule has 1 fully saturated rings. The number of hydrogen-bond acceptors (Lipinski definition) is 2. The topological polar surface area (TPSA) is 40.5 Å². The van der Waals surface area contributed by atoms with Gasteiger partial charge in [0.15, 0.2) is 0 Å². The van der Waals surface area contributed by atoms with Gasteiger partial charge in [-0.25, -0.2) is 0 Å². The minimum Gasteiger partial charge on any atom is -0.480 e. The summed E-state index contributed by atoms with van der Waals surface area (Å²) in [6, 6.07) is -0.199. The highest BCUT2D eigenvalue weighted by Crippen LogP contribution is 2.13. The van der Waals surface area contributed by atoms with E-state index in [0.717, 1.165) is 13.0 Å². The Morgan fingerprint density at radius 1 is 1.88 bits per heavy atom. The van der Waals surface area contributed by atoms with Crippen LogP contribution in [0.5, 0.6) is 0 Å². The molecule has 3 heteroatoms. The Morgan fingerprint density at radius 3 is 2.50 bits per heavy atom. The summed E-state index contributed by atoms with van der Waals surface area (Å²) in [6.07, 6.45) is 0.811.